The normalized spacial score (nSPS) is 21.7. The molecule has 66 valence electrons. The van der Waals surface area contributed by atoms with Gasteiger partial charge in [0.05, 0.1) is 12.2 Å². The fraction of sp³-hybridized carbons (Fsp3) is 0.625. The average molecular weight is 168 g/mol. The minimum absolute atomic E-state index is 0.384. The number of rotatable bonds is 1. The molecule has 1 N–H and O–H groups in total. The van der Waals surface area contributed by atoms with Gasteiger partial charge in [0.2, 0.25) is 5.88 Å². The predicted octanol–water partition coefficient (Wildman–Crippen LogP) is 0.199. The van der Waals surface area contributed by atoms with Crippen molar-refractivity contribution in [2.75, 3.05) is 6.61 Å². The highest BCUT2D eigenvalue weighted by Crippen LogP contribution is 2.18. The number of aliphatic hydroxyl groups is 1. The first-order valence-electron chi connectivity index (χ1n) is 4.17. The van der Waals surface area contributed by atoms with Gasteiger partial charge in [0, 0.05) is 6.07 Å². The molecule has 0 spiro atoms. The zero-order valence-electron chi connectivity index (χ0n) is 7.03. The molecule has 0 saturated heterocycles. The van der Waals surface area contributed by atoms with Crippen LogP contribution in [0.4, 0.5) is 0 Å². The Morgan fingerprint density at radius 2 is 2.67 bits per heavy atom. The van der Waals surface area contributed by atoms with Crippen LogP contribution in [0.2, 0.25) is 0 Å². The van der Waals surface area contributed by atoms with Crippen LogP contribution in [0.1, 0.15) is 12.6 Å². The van der Waals surface area contributed by atoms with Crippen molar-refractivity contribution in [2.24, 2.45) is 0 Å². The van der Waals surface area contributed by atoms with E-state index in [4.69, 9.17) is 4.74 Å². The molecule has 1 aromatic heterocycles. The summed E-state index contributed by atoms with van der Waals surface area (Å²) in [4.78, 5) is 0. The van der Waals surface area contributed by atoms with E-state index >= 15 is 0 Å². The second-order valence-electron chi connectivity index (χ2n) is 2.97. The Morgan fingerprint density at radius 3 is 3.42 bits per heavy atom. The van der Waals surface area contributed by atoms with E-state index in [1.807, 2.05) is 13.0 Å². The van der Waals surface area contributed by atoms with Gasteiger partial charge in [-0.2, -0.15) is 5.10 Å². The summed E-state index contributed by atoms with van der Waals surface area (Å²) in [5.74, 6) is 0.775. The van der Waals surface area contributed by atoms with Crippen LogP contribution in [-0.2, 0) is 13.0 Å². The van der Waals surface area contributed by atoms with Gasteiger partial charge in [0.1, 0.15) is 12.7 Å². The first kappa shape index (κ1) is 7.61. The lowest BCUT2D eigenvalue weighted by Crippen LogP contribution is -2.29. The second-order valence-corrected chi connectivity index (χ2v) is 2.97. The fourth-order valence-corrected chi connectivity index (χ4v) is 1.30. The number of nitrogens with zero attached hydrogens (tertiary/aromatic N) is 2. The predicted molar refractivity (Wildman–Crippen MR) is 43.1 cm³/mol. The van der Waals surface area contributed by atoms with Crippen molar-refractivity contribution in [3.63, 3.8) is 0 Å². The van der Waals surface area contributed by atoms with Crippen LogP contribution in [0.25, 0.3) is 0 Å². The Morgan fingerprint density at radius 1 is 1.83 bits per heavy atom. The lowest BCUT2D eigenvalue weighted by atomic mass is 10.3. The summed E-state index contributed by atoms with van der Waals surface area (Å²) in [5, 5.41) is 13.5. The van der Waals surface area contributed by atoms with Crippen molar-refractivity contribution in [2.45, 2.75) is 26.0 Å². The van der Waals surface area contributed by atoms with Crippen LogP contribution in [-0.4, -0.2) is 27.6 Å². The molecule has 12 heavy (non-hydrogen) atoms. The van der Waals surface area contributed by atoms with Crippen LogP contribution in [0.5, 0.6) is 5.88 Å². The fourth-order valence-electron chi connectivity index (χ4n) is 1.30. The number of aryl methyl sites for hydroxylation is 1. The summed E-state index contributed by atoms with van der Waals surface area (Å²) in [5.41, 5.74) is 1.01. The van der Waals surface area contributed by atoms with Crippen molar-refractivity contribution < 1.29 is 9.84 Å². The van der Waals surface area contributed by atoms with Crippen molar-refractivity contribution >= 4 is 0 Å². The van der Waals surface area contributed by atoms with Gasteiger partial charge in [-0.05, 0) is 6.42 Å². The third-order valence-corrected chi connectivity index (χ3v) is 1.96. The molecule has 0 aliphatic carbocycles. The first-order chi connectivity index (χ1) is 5.79. The van der Waals surface area contributed by atoms with Crippen LogP contribution in [0.3, 0.4) is 0 Å². The van der Waals surface area contributed by atoms with E-state index in [1.54, 1.807) is 4.68 Å². The number of aromatic nitrogens is 2. The van der Waals surface area contributed by atoms with Gasteiger partial charge >= 0.3 is 0 Å². The van der Waals surface area contributed by atoms with Crippen LogP contribution >= 0.6 is 0 Å². The Kier molecular flexibility index (Phi) is 1.77. The van der Waals surface area contributed by atoms with Crippen LogP contribution < -0.4 is 4.74 Å². The molecule has 1 aliphatic rings. The molecule has 0 unspecified atom stereocenters. The monoisotopic (exact) mass is 168 g/mol. The molecule has 0 fully saturated rings. The molecule has 0 amide bonds. The maximum atomic E-state index is 9.25. The number of fused-ring (bicyclic) bond motifs is 1. The smallest absolute Gasteiger partial charge is 0.212 e. The summed E-state index contributed by atoms with van der Waals surface area (Å²) < 4.78 is 6.98. The molecular formula is C8H12N2O2. The summed E-state index contributed by atoms with van der Waals surface area (Å²) in [7, 11) is 0. The molecule has 4 nitrogen and oxygen atoms in total. The topological polar surface area (TPSA) is 47.3 Å². The molecule has 1 atom stereocenters. The Hall–Kier alpha value is -1.03. The van der Waals surface area contributed by atoms with Gasteiger partial charge < -0.3 is 9.84 Å². The quantitative estimate of drug-likeness (QED) is 0.651. The van der Waals surface area contributed by atoms with E-state index in [9.17, 15) is 5.11 Å². The van der Waals surface area contributed by atoms with Gasteiger partial charge in [-0.15, -0.1) is 0 Å². The molecule has 4 heteroatoms. The van der Waals surface area contributed by atoms with E-state index in [0.717, 1.165) is 18.0 Å². The Balaban J connectivity index is 2.28. The van der Waals surface area contributed by atoms with Gasteiger partial charge in [-0.25, -0.2) is 4.68 Å². The Bertz CT molecular complexity index is 283. The van der Waals surface area contributed by atoms with Gasteiger partial charge in [-0.3, -0.25) is 0 Å². The minimum Gasteiger partial charge on any atom is -0.475 e. The van der Waals surface area contributed by atoms with E-state index in [1.165, 1.54) is 0 Å². The van der Waals surface area contributed by atoms with Crippen LogP contribution in [0.15, 0.2) is 6.07 Å². The molecule has 2 rings (SSSR count). The van der Waals surface area contributed by atoms with Gasteiger partial charge in [0.15, 0.2) is 0 Å². The highest BCUT2D eigenvalue weighted by Gasteiger charge is 2.18. The first-order valence-corrected chi connectivity index (χ1v) is 4.17. The van der Waals surface area contributed by atoms with Crippen molar-refractivity contribution in [3.8, 4) is 5.88 Å². The molecule has 0 bridgehead atoms. The van der Waals surface area contributed by atoms with E-state index in [-0.39, 0.29) is 0 Å². The summed E-state index contributed by atoms with van der Waals surface area (Å²) in [6.45, 7) is 2.98. The zero-order valence-corrected chi connectivity index (χ0v) is 7.03. The lowest BCUT2D eigenvalue weighted by Gasteiger charge is -2.19. The summed E-state index contributed by atoms with van der Waals surface area (Å²) in [6.07, 6.45) is 0.488. The standard InChI is InChI=1S/C8H12N2O2/c1-2-6-3-8-10(9-6)4-7(11)5-12-8/h3,7,11H,2,4-5H2,1H3/t7-/m1/s1. The molecular weight excluding hydrogens is 156 g/mol. The second kappa shape index (κ2) is 2.79. The number of aliphatic hydroxyl groups excluding tert-OH is 1. The number of hydrogen-bond donors (Lipinski definition) is 1. The minimum atomic E-state index is -0.415. The van der Waals surface area contributed by atoms with Crippen molar-refractivity contribution in [3.05, 3.63) is 11.8 Å². The van der Waals surface area contributed by atoms with Crippen LogP contribution in [0, 0.1) is 0 Å². The van der Waals surface area contributed by atoms with Crippen molar-refractivity contribution in [1.29, 1.82) is 0 Å². The zero-order chi connectivity index (χ0) is 8.55. The van der Waals surface area contributed by atoms with Gasteiger partial charge in [-0.1, -0.05) is 6.92 Å². The molecule has 0 aromatic carbocycles. The number of ether oxygens (including phenoxy) is 1. The average Bonchev–Trinajstić information content (AvgIpc) is 2.46. The Labute approximate surface area is 70.8 Å². The summed E-state index contributed by atoms with van der Waals surface area (Å²) >= 11 is 0. The largest absolute Gasteiger partial charge is 0.475 e. The molecule has 2 heterocycles. The van der Waals surface area contributed by atoms with E-state index < -0.39 is 6.10 Å². The van der Waals surface area contributed by atoms with Gasteiger partial charge in [0.25, 0.3) is 0 Å². The third kappa shape index (κ3) is 1.18. The number of hydrogen-bond acceptors (Lipinski definition) is 3. The van der Waals surface area contributed by atoms with Crippen molar-refractivity contribution in [1.82, 2.24) is 9.78 Å². The SMILES string of the molecule is CCc1cc2n(n1)C[C@@H](O)CO2. The van der Waals surface area contributed by atoms with E-state index in [0.29, 0.717) is 13.2 Å². The maximum Gasteiger partial charge on any atom is 0.212 e. The third-order valence-electron chi connectivity index (χ3n) is 1.96. The molecule has 0 saturated carbocycles. The highest BCUT2D eigenvalue weighted by atomic mass is 16.5. The molecule has 1 aromatic rings. The van der Waals surface area contributed by atoms with E-state index in [2.05, 4.69) is 5.10 Å². The maximum absolute atomic E-state index is 9.25. The lowest BCUT2D eigenvalue weighted by molar-refractivity contribution is 0.0557. The highest BCUT2D eigenvalue weighted by molar-refractivity contribution is 5.17. The molecule has 0 radical (unpaired) electrons. The molecule has 1 aliphatic heterocycles. The summed E-state index contributed by atoms with van der Waals surface area (Å²) in [6, 6.07) is 1.92.